The molecule has 0 amide bonds. The molecule has 0 aliphatic heterocycles. The van der Waals surface area contributed by atoms with Crippen LogP contribution >= 0.6 is 0 Å². The van der Waals surface area contributed by atoms with Crippen molar-refractivity contribution in [2.75, 3.05) is 47.0 Å². The largest absolute Gasteiger partial charge is 0.497 e. The number of fused-ring (bicyclic) bond motifs is 6. The highest BCUT2D eigenvalue weighted by Gasteiger charge is 2.45. The molecule has 10 heteroatoms. The lowest BCUT2D eigenvalue weighted by molar-refractivity contribution is 0.0517. The van der Waals surface area contributed by atoms with E-state index in [9.17, 15) is 9.59 Å². The first-order chi connectivity index (χ1) is 66.7. The minimum absolute atomic E-state index is 0.0285. The lowest BCUT2D eigenvalue weighted by Crippen LogP contribution is -2.25. The molecule has 0 radical (unpaired) electrons. The summed E-state index contributed by atoms with van der Waals surface area (Å²) in [7, 11) is 3.42. The highest BCUT2D eigenvalue weighted by atomic mass is 16.5. The maximum atomic E-state index is 13.6. The number of anilines is 12. The summed E-state index contributed by atoms with van der Waals surface area (Å²) in [5.41, 5.74) is 35.5. The van der Waals surface area contributed by atoms with Crippen LogP contribution in [0.1, 0.15) is 224 Å². The number of ether oxygens (including phenoxy) is 4. The number of rotatable bonds is 42. The van der Waals surface area contributed by atoms with Crippen LogP contribution in [-0.4, -0.2) is 39.4 Å². The molecular formula is C126H130N4O6. The van der Waals surface area contributed by atoms with E-state index in [0.717, 1.165) is 141 Å². The lowest BCUT2D eigenvalue weighted by atomic mass is 9.70. The van der Waals surface area contributed by atoms with Crippen LogP contribution in [0.2, 0.25) is 0 Å². The fourth-order valence-corrected chi connectivity index (χ4v) is 21.1. The highest BCUT2D eigenvalue weighted by molar-refractivity contribution is 5.95. The van der Waals surface area contributed by atoms with Gasteiger partial charge in [0.2, 0.25) is 0 Å². The summed E-state index contributed by atoms with van der Waals surface area (Å²) in [6.07, 6.45) is 23.8. The summed E-state index contributed by atoms with van der Waals surface area (Å²) in [5, 5.41) is 0. The average molecular weight is 1800 g/mol. The van der Waals surface area contributed by atoms with Crippen LogP contribution in [0.4, 0.5) is 68.2 Å². The molecule has 0 fully saturated rings. The van der Waals surface area contributed by atoms with Gasteiger partial charge in [0.25, 0.3) is 0 Å². The first-order valence-electron chi connectivity index (χ1n) is 49.9. The van der Waals surface area contributed by atoms with Crippen LogP contribution < -0.4 is 29.1 Å². The molecule has 0 heterocycles. The van der Waals surface area contributed by atoms with Gasteiger partial charge in [-0.25, -0.2) is 9.59 Å². The maximum Gasteiger partial charge on any atom is 0.338 e. The van der Waals surface area contributed by atoms with Gasteiger partial charge < -0.3 is 38.5 Å². The predicted octanol–water partition coefficient (Wildman–Crippen LogP) is 35.6. The highest BCUT2D eigenvalue weighted by Crippen LogP contribution is 2.59. The van der Waals surface area contributed by atoms with Crippen molar-refractivity contribution in [3.63, 3.8) is 0 Å². The van der Waals surface area contributed by atoms with Gasteiger partial charge in [-0.2, -0.15) is 0 Å². The summed E-state index contributed by atoms with van der Waals surface area (Å²) in [6.45, 7) is 17.9. The van der Waals surface area contributed by atoms with Crippen molar-refractivity contribution in [1.29, 1.82) is 0 Å². The van der Waals surface area contributed by atoms with E-state index >= 15 is 0 Å². The Labute approximate surface area is 807 Å². The Morgan fingerprint density at radius 3 is 0.750 bits per heavy atom. The zero-order chi connectivity index (χ0) is 94.1. The van der Waals surface area contributed by atoms with Crippen molar-refractivity contribution in [3.8, 4) is 78.3 Å². The molecule has 0 N–H and O–H groups in total. The fourth-order valence-electron chi connectivity index (χ4n) is 21.1. The Hall–Kier alpha value is -14.0. The van der Waals surface area contributed by atoms with Crippen LogP contribution in [0.3, 0.4) is 0 Å². The van der Waals surface area contributed by atoms with Gasteiger partial charge in [-0.15, -0.1) is 0 Å². The third kappa shape index (κ3) is 20.2. The Kier molecular flexibility index (Phi) is 30.1. The predicted molar refractivity (Wildman–Crippen MR) is 569 cm³/mol. The van der Waals surface area contributed by atoms with Crippen molar-refractivity contribution in [2.24, 2.45) is 0 Å². The molecule has 15 aromatic rings. The second kappa shape index (κ2) is 43.6. The summed E-state index contributed by atoms with van der Waals surface area (Å²) < 4.78 is 22.5. The van der Waals surface area contributed by atoms with E-state index < -0.39 is 0 Å². The number of hydrogen-bond acceptors (Lipinski definition) is 10. The third-order valence-electron chi connectivity index (χ3n) is 28.2. The number of aryl methyl sites for hydroxylation is 2. The van der Waals surface area contributed by atoms with E-state index in [1.807, 2.05) is 74.5 Å². The average Bonchev–Trinajstić information content (AvgIpc) is 1.56. The van der Waals surface area contributed by atoms with Gasteiger partial charge in [0.15, 0.2) is 0 Å². The number of nitrogens with zero attached hydrogens (tertiary/aromatic N) is 4. The normalized spacial score (nSPS) is 12.4. The fraction of sp³-hybridized carbons (Fsp3) is 0.270. The molecule has 0 unspecified atom stereocenters. The van der Waals surface area contributed by atoms with Gasteiger partial charge in [0, 0.05) is 79.1 Å². The van der Waals surface area contributed by atoms with Crippen LogP contribution in [-0.2, 0) is 20.3 Å². The van der Waals surface area contributed by atoms with E-state index in [1.165, 1.54) is 168 Å². The molecule has 10 nitrogen and oxygen atoms in total. The second-order valence-electron chi connectivity index (χ2n) is 37.1. The Morgan fingerprint density at radius 1 is 0.235 bits per heavy atom. The van der Waals surface area contributed by atoms with Crippen molar-refractivity contribution in [2.45, 2.75) is 195 Å². The van der Waals surface area contributed by atoms with Crippen LogP contribution in [0.5, 0.6) is 11.5 Å². The molecule has 690 valence electrons. The Morgan fingerprint density at radius 2 is 0.471 bits per heavy atom. The molecule has 136 heavy (non-hydrogen) atoms. The number of methoxy groups -OCH3 is 2. The van der Waals surface area contributed by atoms with Gasteiger partial charge >= 0.3 is 11.9 Å². The van der Waals surface area contributed by atoms with Gasteiger partial charge in [-0.05, 0) is 343 Å². The molecule has 0 bridgehead atoms. The molecule has 2 aliphatic rings. The minimum atomic E-state index is -0.364. The summed E-state index contributed by atoms with van der Waals surface area (Å²) in [5.74, 6) is 0.892. The van der Waals surface area contributed by atoms with E-state index in [0.29, 0.717) is 11.1 Å². The van der Waals surface area contributed by atoms with Crippen molar-refractivity contribution < 1.29 is 28.5 Å². The molecular weight excluding hydrogens is 1670 g/mol. The number of carbonyl (C=O) groups excluding carboxylic acids is 2. The number of esters is 2. The van der Waals surface area contributed by atoms with Crippen molar-refractivity contribution >= 4 is 80.2 Å². The summed E-state index contributed by atoms with van der Waals surface area (Å²) in [6, 6.07) is 123. The topological polar surface area (TPSA) is 84.0 Å². The zero-order valence-corrected chi connectivity index (χ0v) is 81.1. The second-order valence-corrected chi connectivity index (χ2v) is 37.1. The molecule has 17 rings (SSSR count). The number of unbranched alkanes of at least 4 members (excludes halogenated alkanes) is 12. The first-order valence-corrected chi connectivity index (χ1v) is 49.9. The SMILES string of the molecule is CCCCCCC1(CCCCCC)c2cc(C)ccc2-c2ccc(-c3ccc(N(c4ccc(-c5ccc(N(c6ccc(-c7ccc8c(c7)C(CCCCCC)(CCCCCC)c7cc(-c9ccc(N(c%10ccc(OC)cc%10)c%10ccc(N(c%11ccc(C)cc%11)c%11ccc(OC)cc%11)cc%10)cc9)ccc7-8)cc6)c6cccc(C(=O)OCC)c6)cc5)cc4)c4cccc(C(=O)OCC)c4)cc3)cc21. The van der Waals surface area contributed by atoms with E-state index in [2.05, 4.69) is 340 Å². The zero-order valence-electron chi connectivity index (χ0n) is 81.1. The smallest absolute Gasteiger partial charge is 0.338 e. The molecule has 15 aromatic carbocycles. The number of benzene rings is 15. The third-order valence-corrected chi connectivity index (χ3v) is 28.2. The van der Waals surface area contributed by atoms with E-state index in [-0.39, 0.29) is 36.0 Å². The summed E-state index contributed by atoms with van der Waals surface area (Å²) >= 11 is 0. The van der Waals surface area contributed by atoms with Gasteiger partial charge in [-0.3, -0.25) is 0 Å². The standard InChI is InChI=1S/C126H130N4O6/c1-11-17-21-25-79-125(80-26-22-18-12-2)119-83-90(8)37-75-115(119)116-76-48-96(86-120(116)125)94-44-59-105(60-45-94)129(111-33-29-31-99(84-111)123(131)135-15-5)103-53-38-91(39-54-103)92-40-55-104(56-41-92)130(112-34-30-32-100(85-112)124(132)136-16-6)106-61-46-95(47-62-106)98-50-78-118-117-77-49-97(87-121(117)126(122(118)88-98,81-27-23-19-13-3)82-28-24-20-14-4)93-42-57-102(58-43-93)128(110-69-73-114(134-10)74-70-110)108-65-63-107(64-66-108)127(101-51-35-89(7)36-52-101)109-67-71-113(133-9)72-68-109/h29-78,83-88H,11-28,79-82H2,1-10H3. The van der Waals surface area contributed by atoms with E-state index in [4.69, 9.17) is 18.9 Å². The molecule has 0 atom stereocenters. The minimum Gasteiger partial charge on any atom is -0.497 e. The molecule has 0 saturated carbocycles. The number of carbonyl (C=O) groups is 2. The van der Waals surface area contributed by atoms with Crippen LogP contribution in [0.25, 0.3) is 66.8 Å². The Bertz CT molecular complexity index is 6540. The van der Waals surface area contributed by atoms with Crippen molar-refractivity contribution in [1.82, 2.24) is 0 Å². The van der Waals surface area contributed by atoms with Gasteiger partial charge in [0.05, 0.1) is 38.6 Å². The molecule has 0 aromatic heterocycles. The quantitative estimate of drug-likeness (QED) is 0.0272. The maximum absolute atomic E-state index is 13.6. The Balaban J connectivity index is 0.667. The molecule has 2 aliphatic carbocycles. The summed E-state index contributed by atoms with van der Waals surface area (Å²) in [4.78, 5) is 36.2. The van der Waals surface area contributed by atoms with Crippen LogP contribution in [0.15, 0.2) is 340 Å². The number of hydrogen-bond donors (Lipinski definition) is 0. The monoisotopic (exact) mass is 1790 g/mol. The molecule has 0 saturated heterocycles. The lowest BCUT2D eigenvalue weighted by Gasteiger charge is -2.33. The van der Waals surface area contributed by atoms with Gasteiger partial charge in [-0.1, -0.05) is 281 Å². The molecule has 0 spiro atoms. The van der Waals surface area contributed by atoms with Gasteiger partial charge in [0.1, 0.15) is 11.5 Å². The van der Waals surface area contributed by atoms with Crippen molar-refractivity contribution in [3.05, 3.63) is 384 Å². The van der Waals surface area contributed by atoms with Crippen LogP contribution in [0, 0.1) is 13.8 Å². The first kappa shape index (κ1) is 93.8. The van der Waals surface area contributed by atoms with E-state index in [1.54, 1.807) is 14.2 Å².